The van der Waals surface area contributed by atoms with Crippen molar-refractivity contribution in [3.8, 4) is 0 Å². The number of nitrogens with one attached hydrogen (secondary N) is 2. The third-order valence-corrected chi connectivity index (χ3v) is 3.46. The van der Waals surface area contributed by atoms with Gasteiger partial charge in [-0.15, -0.1) is 0 Å². The fraction of sp³-hybridized carbons (Fsp3) is 0.571. The van der Waals surface area contributed by atoms with Gasteiger partial charge >= 0.3 is 0 Å². The Balaban J connectivity index is 2.02. The Morgan fingerprint density at radius 2 is 2.00 bits per heavy atom. The van der Waals surface area contributed by atoms with Crippen LogP contribution >= 0.6 is 0 Å². The molecule has 88 valence electrons. The molecule has 2 heteroatoms. The van der Waals surface area contributed by atoms with Crippen molar-refractivity contribution in [3.05, 3.63) is 29.3 Å². The number of aryl methyl sites for hydroxylation is 2. The fourth-order valence-electron chi connectivity index (χ4n) is 2.33. The lowest BCUT2D eigenvalue weighted by Gasteiger charge is -2.18. The summed E-state index contributed by atoms with van der Waals surface area (Å²) in [6.07, 6.45) is 1.18. The summed E-state index contributed by atoms with van der Waals surface area (Å²) in [5.41, 5.74) is 4.23. The minimum atomic E-state index is 0.275. The van der Waals surface area contributed by atoms with Gasteiger partial charge in [0.15, 0.2) is 0 Å². The van der Waals surface area contributed by atoms with Gasteiger partial charge in [0.2, 0.25) is 0 Å². The predicted octanol–water partition coefficient (Wildman–Crippen LogP) is 2.86. The first kappa shape index (κ1) is 11.5. The zero-order chi connectivity index (χ0) is 11.8. The first-order valence-electron chi connectivity index (χ1n) is 6.05. The smallest absolute Gasteiger partial charge is 0.0403 e. The maximum atomic E-state index is 3.60. The molecule has 0 radical (unpaired) electrons. The molecule has 1 saturated heterocycles. The molecule has 1 aromatic carbocycles. The highest BCUT2D eigenvalue weighted by Crippen LogP contribution is 2.22. The molecule has 0 spiro atoms. The van der Waals surface area contributed by atoms with E-state index in [-0.39, 0.29) is 5.54 Å². The second-order valence-electron chi connectivity index (χ2n) is 5.61. The monoisotopic (exact) mass is 218 g/mol. The number of benzene rings is 1. The molecule has 1 atom stereocenters. The Labute approximate surface area is 98.4 Å². The summed E-state index contributed by atoms with van der Waals surface area (Å²) in [6.45, 7) is 9.89. The Hall–Kier alpha value is -1.02. The molecule has 0 bridgehead atoms. The summed E-state index contributed by atoms with van der Waals surface area (Å²) >= 11 is 0. The fourth-order valence-corrected chi connectivity index (χ4v) is 2.33. The van der Waals surface area contributed by atoms with Gasteiger partial charge in [0.1, 0.15) is 0 Å². The van der Waals surface area contributed by atoms with Gasteiger partial charge in [0, 0.05) is 23.8 Å². The average Bonchev–Trinajstić information content (AvgIpc) is 2.52. The Morgan fingerprint density at radius 1 is 1.25 bits per heavy atom. The van der Waals surface area contributed by atoms with Gasteiger partial charge in [-0.1, -0.05) is 6.07 Å². The van der Waals surface area contributed by atoms with Crippen molar-refractivity contribution in [2.24, 2.45) is 0 Å². The molecule has 1 unspecified atom stereocenters. The van der Waals surface area contributed by atoms with Crippen molar-refractivity contribution in [1.82, 2.24) is 5.32 Å². The molecule has 1 aromatic rings. The van der Waals surface area contributed by atoms with Crippen LogP contribution in [0.4, 0.5) is 5.69 Å². The lowest BCUT2D eigenvalue weighted by Crippen LogP contribution is -2.31. The second-order valence-corrected chi connectivity index (χ2v) is 5.61. The van der Waals surface area contributed by atoms with E-state index in [9.17, 15) is 0 Å². The topological polar surface area (TPSA) is 24.1 Å². The molecule has 0 saturated carbocycles. The minimum Gasteiger partial charge on any atom is -0.381 e. The Kier molecular flexibility index (Phi) is 2.94. The third kappa shape index (κ3) is 2.56. The van der Waals surface area contributed by atoms with E-state index >= 15 is 0 Å². The quantitative estimate of drug-likeness (QED) is 0.797. The normalized spacial score (nSPS) is 23.4. The van der Waals surface area contributed by atoms with Crippen LogP contribution in [0, 0.1) is 13.8 Å². The summed E-state index contributed by atoms with van der Waals surface area (Å²) in [4.78, 5) is 0. The van der Waals surface area contributed by atoms with Crippen LogP contribution in [0.3, 0.4) is 0 Å². The van der Waals surface area contributed by atoms with Gasteiger partial charge in [-0.25, -0.2) is 0 Å². The molecular weight excluding hydrogens is 196 g/mol. The van der Waals surface area contributed by atoms with Crippen molar-refractivity contribution in [2.45, 2.75) is 45.7 Å². The maximum Gasteiger partial charge on any atom is 0.0403 e. The molecule has 2 rings (SSSR count). The number of anilines is 1. The first-order chi connectivity index (χ1) is 7.46. The van der Waals surface area contributed by atoms with E-state index in [0.717, 1.165) is 6.54 Å². The van der Waals surface area contributed by atoms with E-state index in [1.807, 2.05) is 0 Å². The maximum absolute atomic E-state index is 3.60. The van der Waals surface area contributed by atoms with Crippen LogP contribution in [0.2, 0.25) is 0 Å². The van der Waals surface area contributed by atoms with E-state index in [2.05, 4.69) is 56.5 Å². The Morgan fingerprint density at radius 3 is 2.56 bits per heavy atom. The molecule has 0 aromatic heterocycles. The zero-order valence-corrected chi connectivity index (χ0v) is 10.7. The van der Waals surface area contributed by atoms with Crippen LogP contribution in [0.5, 0.6) is 0 Å². The largest absolute Gasteiger partial charge is 0.381 e. The van der Waals surface area contributed by atoms with Crippen LogP contribution in [0.1, 0.15) is 31.4 Å². The molecular formula is C14H22N2. The van der Waals surface area contributed by atoms with E-state index in [1.165, 1.54) is 23.2 Å². The van der Waals surface area contributed by atoms with Crippen molar-refractivity contribution >= 4 is 5.69 Å². The molecule has 0 aliphatic carbocycles. The van der Waals surface area contributed by atoms with Crippen LogP contribution < -0.4 is 10.6 Å². The number of hydrogen-bond donors (Lipinski definition) is 2. The number of hydrogen-bond acceptors (Lipinski definition) is 2. The second kappa shape index (κ2) is 4.10. The molecule has 1 aliphatic rings. The van der Waals surface area contributed by atoms with Crippen molar-refractivity contribution in [3.63, 3.8) is 0 Å². The predicted molar refractivity (Wildman–Crippen MR) is 70.0 cm³/mol. The van der Waals surface area contributed by atoms with Crippen LogP contribution in [-0.4, -0.2) is 18.1 Å². The van der Waals surface area contributed by atoms with Gasteiger partial charge < -0.3 is 10.6 Å². The first-order valence-corrected chi connectivity index (χ1v) is 6.05. The third-order valence-electron chi connectivity index (χ3n) is 3.46. The van der Waals surface area contributed by atoms with Crippen molar-refractivity contribution < 1.29 is 0 Å². The van der Waals surface area contributed by atoms with Crippen molar-refractivity contribution in [1.29, 1.82) is 0 Å². The van der Waals surface area contributed by atoms with Gasteiger partial charge in [0.25, 0.3) is 0 Å². The van der Waals surface area contributed by atoms with Crippen LogP contribution in [0.15, 0.2) is 18.2 Å². The molecule has 1 aliphatic heterocycles. The Bertz CT molecular complexity index is 382. The van der Waals surface area contributed by atoms with Crippen LogP contribution in [0.25, 0.3) is 0 Å². The molecule has 0 amide bonds. The summed E-state index contributed by atoms with van der Waals surface area (Å²) in [5.74, 6) is 0. The molecule has 1 heterocycles. The summed E-state index contributed by atoms with van der Waals surface area (Å²) < 4.78 is 0. The lowest BCUT2D eigenvalue weighted by atomic mass is 10.0. The van der Waals surface area contributed by atoms with E-state index < -0.39 is 0 Å². The van der Waals surface area contributed by atoms with Gasteiger partial charge in [-0.2, -0.15) is 0 Å². The zero-order valence-electron chi connectivity index (χ0n) is 10.7. The van der Waals surface area contributed by atoms with E-state index in [0.29, 0.717) is 6.04 Å². The SMILES string of the molecule is Cc1ccc(NC2CNC(C)(C)C2)cc1C. The van der Waals surface area contributed by atoms with E-state index in [4.69, 9.17) is 0 Å². The van der Waals surface area contributed by atoms with E-state index in [1.54, 1.807) is 0 Å². The average molecular weight is 218 g/mol. The van der Waals surface area contributed by atoms with Gasteiger partial charge in [-0.3, -0.25) is 0 Å². The van der Waals surface area contributed by atoms with Gasteiger partial charge in [-0.05, 0) is 57.4 Å². The van der Waals surface area contributed by atoms with Crippen LogP contribution in [-0.2, 0) is 0 Å². The van der Waals surface area contributed by atoms with Gasteiger partial charge in [0.05, 0.1) is 0 Å². The summed E-state index contributed by atoms with van der Waals surface area (Å²) in [5, 5.41) is 7.13. The standard InChI is InChI=1S/C14H22N2/c1-10-5-6-12(7-11(10)2)16-13-8-14(3,4)15-9-13/h5-7,13,15-16H,8-9H2,1-4H3. The molecule has 16 heavy (non-hydrogen) atoms. The molecule has 2 N–H and O–H groups in total. The molecule has 1 fully saturated rings. The highest BCUT2D eigenvalue weighted by atomic mass is 15.1. The minimum absolute atomic E-state index is 0.275. The van der Waals surface area contributed by atoms with Crippen molar-refractivity contribution in [2.75, 3.05) is 11.9 Å². The number of rotatable bonds is 2. The molecule has 2 nitrogen and oxygen atoms in total. The highest BCUT2D eigenvalue weighted by molar-refractivity contribution is 5.49. The summed E-state index contributed by atoms with van der Waals surface area (Å²) in [7, 11) is 0. The highest BCUT2D eigenvalue weighted by Gasteiger charge is 2.29. The lowest BCUT2D eigenvalue weighted by molar-refractivity contribution is 0.457. The summed E-state index contributed by atoms with van der Waals surface area (Å²) in [6, 6.07) is 7.15.